The molecule has 0 aromatic carbocycles. The summed E-state index contributed by atoms with van der Waals surface area (Å²) in [4.78, 5) is 13.0. The Bertz CT molecular complexity index is 167. The van der Waals surface area contributed by atoms with Crippen molar-refractivity contribution in [3.63, 3.8) is 0 Å². The summed E-state index contributed by atoms with van der Waals surface area (Å²) in [6.07, 6.45) is -0.495. The first-order valence-electron chi connectivity index (χ1n) is 4.48. The number of morpholine rings is 1. The summed E-state index contributed by atoms with van der Waals surface area (Å²) in [5.41, 5.74) is 0. The van der Waals surface area contributed by atoms with Crippen LogP contribution in [0, 0.1) is 0 Å². The SMILES string of the molecule is C[C@H](O)CNC(=O)N1CCOCC1. The molecule has 1 heterocycles. The van der Waals surface area contributed by atoms with E-state index in [2.05, 4.69) is 5.32 Å². The van der Waals surface area contributed by atoms with Crippen LogP contribution in [0.5, 0.6) is 0 Å². The van der Waals surface area contributed by atoms with Gasteiger partial charge in [-0.3, -0.25) is 0 Å². The quantitative estimate of drug-likeness (QED) is 0.609. The molecule has 1 aliphatic rings. The van der Waals surface area contributed by atoms with Gasteiger partial charge < -0.3 is 20.1 Å². The van der Waals surface area contributed by atoms with E-state index in [9.17, 15) is 4.79 Å². The molecule has 0 spiro atoms. The van der Waals surface area contributed by atoms with Gasteiger partial charge >= 0.3 is 6.03 Å². The minimum absolute atomic E-state index is 0.121. The predicted octanol–water partition coefficient (Wildman–Crippen LogP) is -0.591. The fourth-order valence-electron chi connectivity index (χ4n) is 1.11. The Kier molecular flexibility index (Phi) is 3.98. The predicted molar refractivity (Wildman–Crippen MR) is 47.5 cm³/mol. The van der Waals surface area contributed by atoms with Crippen LogP contribution in [-0.4, -0.2) is 55.0 Å². The van der Waals surface area contributed by atoms with E-state index in [0.29, 0.717) is 32.8 Å². The fraction of sp³-hybridized carbons (Fsp3) is 0.875. The summed E-state index contributed by atoms with van der Waals surface area (Å²) in [6, 6.07) is -0.121. The van der Waals surface area contributed by atoms with Crippen LogP contribution in [0.25, 0.3) is 0 Å². The molecular weight excluding hydrogens is 172 g/mol. The lowest BCUT2D eigenvalue weighted by Gasteiger charge is -2.27. The number of aliphatic hydroxyl groups is 1. The molecular formula is C8H16N2O3. The third-order valence-electron chi connectivity index (χ3n) is 1.85. The molecule has 1 fully saturated rings. The summed E-state index contributed by atoms with van der Waals surface area (Å²) >= 11 is 0. The number of nitrogens with zero attached hydrogens (tertiary/aromatic N) is 1. The Morgan fingerprint density at radius 1 is 1.62 bits per heavy atom. The molecule has 13 heavy (non-hydrogen) atoms. The molecule has 0 radical (unpaired) electrons. The number of nitrogens with one attached hydrogen (secondary N) is 1. The van der Waals surface area contributed by atoms with Gasteiger partial charge in [0.05, 0.1) is 19.3 Å². The second-order valence-electron chi connectivity index (χ2n) is 3.13. The normalized spacial score (nSPS) is 19.7. The topological polar surface area (TPSA) is 61.8 Å². The van der Waals surface area contributed by atoms with E-state index in [4.69, 9.17) is 9.84 Å². The molecule has 1 atom stereocenters. The number of carbonyl (C=O) groups is 1. The molecule has 0 aromatic rings. The Morgan fingerprint density at radius 2 is 2.23 bits per heavy atom. The monoisotopic (exact) mass is 188 g/mol. The molecule has 0 aliphatic carbocycles. The molecule has 0 bridgehead atoms. The summed E-state index contributed by atoms with van der Waals surface area (Å²) in [5.74, 6) is 0. The van der Waals surface area contributed by atoms with E-state index >= 15 is 0 Å². The van der Waals surface area contributed by atoms with Gasteiger partial charge in [-0.1, -0.05) is 0 Å². The summed E-state index contributed by atoms with van der Waals surface area (Å²) in [6.45, 7) is 4.40. The number of carbonyl (C=O) groups excluding carboxylic acids is 1. The number of ether oxygens (including phenoxy) is 1. The minimum atomic E-state index is -0.495. The van der Waals surface area contributed by atoms with E-state index in [1.807, 2.05) is 0 Å². The largest absolute Gasteiger partial charge is 0.392 e. The highest BCUT2D eigenvalue weighted by molar-refractivity contribution is 5.74. The second kappa shape index (κ2) is 5.04. The highest BCUT2D eigenvalue weighted by Gasteiger charge is 2.16. The Balaban J connectivity index is 2.21. The standard InChI is InChI=1S/C8H16N2O3/c1-7(11)6-9-8(12)10-2-4-13-5-3-10/h7,11H,2-6H2,1H3,(H,9,12)/t7-/m0/s1. The van der Waals surface area contributed by atoms with Gasteiger partial charge in [-0.25, -0.2) is 4.79 Å². The number of hydrogen-bond donors (Lipinski definition) is 2. The van der Waals surface area contributed by atoms with Gasteiger partial charge in [0, 0.05) is 19.6 Å². The zero-order valence-corrected chi connectivity index (χ0v) is 7.82. The van der Waals surface area contributed by atoms with Gasteiger partial charge in [0.2, 0.25) is 0 Å². The van der Waals surface area contributed by atoms with Crippen LogP contribution in [0.3, 0.4) is 0 Å². The van der Waals surface area contributed by atoms with Gasteiger partial charge in [-0.15, -0.1) is 0 Å². The van der Waals surface area contributed by atoms with Crippen molar-refractivity contribution in [2.24, 2.45) is 0 Å². The second-order valence-corrected chi connectivity index (χ2v) is 3.13. The molecule has 2 amide bonds. The van der Waals surface area contributed by atoms with Crippen molar-refractivity contribution in [3.8, 4) is 0 Å². The molecule has 1 rings (SSSR count). The van der Waals surface area contributed by atoms with Crippen LogP contribution < -0.4 is 5.32 Å². The average molecular weight is 188 g/mol. The molecule has 0 aromatic heterocycles. The Hall–Kier alpha value is -0.810. The van der Waals surface area contributed by atoms with Crippen molar-refractivity contribution < 1.29 is 14.6 Å². The van der Waals surface area contributed by atoms with Gasteiger partial charge in [0.1, 0.15) is 0 Å². The van der Waals surface area contributed by atoms with Gasteiger partial charge in [0.25, 0.3) is 0 Å². The van der Waals surface area contributed by atoms with Crippen LogP contribution >= 0.6 is 0 Å². The lowest BCUT2D eigenvalue weighted by atomic mass is 10.4. The fourth-order valence-corrected chi connectivity index (χ4v) is 1.11. The number of hydrogen-bond acceptors (Lipinski definition) is 3. The number of urea groups is 1. The summed E-state index contributed by atoms with van der Waals surface area (Å²) in [5, 5.41) is 11.6. The van der Waals surface area contributed by atoms with Crippen LogP contribution in [0.2, 0.25) is 0 Å². The van der Waals surface area contributed by atoms with Gasteiger partial charge in [-0.05, 0) is 6.92 Å². The highest BCUT2D eigenvalue weighted by atomic mass is 16.5. The van der Waals surface area contributed by atoms with E-state index in [-0.39, 0.29) is 6.03 Å². The molecule has 0 unspecified atom stereocenters. The third kappa shape index (κ3) is 3.61. The van der Waals surface area contributed by atoms with Crippen LogP contribution in [0.15, 0.2) is 0 Å². The first-order valence-corrected chi connectivity index (χ1v) is 4.48. The van der Waals surface area contributed by atoms with Crippen molar-refractivity contribution in [3.05, 3.63) is 0 Å². The maximum Gasteiger partial charge on any atom is 0.317 e. The van der Waals surface area contributed by atoms with E-state index in [1.54, 1.807) is 11.8 Å². The number of rotatable bonds is 2. The van der Waals surface area contributed by atoms with Crippen molar-refractivity contribution in [2.75, 3.05) is 32.8 Å². The van der Waals surface area contributed by atoms with Crippen molar-refractivity contribution >= 4 is 6.03 Å². The van der Waals surface area contributed by atoms with Crippen molar-refractivity contribution in [1.29, 1.82) is 0 Å². The number of amides is 2. The zero-order valence-electron chi connectivity index (χ0n) is 7.82. The zero-order chi connectivity index (χ0) is 9.68. The molecule has 5 nitrogen and oxygen atoms in total. The van der Waals surface area contributed by atoms with E-state index < -0.39 is 6.10 Å². The van der Waals surface area contributed by atoms with E-state index in [0.717, 1.165) is 0 Å². The molecule has 1 saturated heterocycles. The van der Waals surface area contributed by atoms with Crippen molar-refractivity contribution in [1.82, 2.24) is 10.2 Å². The Labute approximate surface area is 77.7 Å². The maximum atomic E-state index is 11.4. The average Bonchev–Trinajstić information content (AvgIpc) is 2.15. The maximum absolute atomic E-state index is 11.4. The van der Waals surface area contributed by atoms with Crippen LogP contribution in [-0.2, 0) is 4.74 Å². The molecule has 5 heteroatoms. The molecule has 1 aliphatic heterocycles. The highest BCUT2D eigenvalue weighted by Crippen LogP contribution is 1.96. The summed E-state index contributed by atoms with van der Waals surface area (Å²) < 4.78 is 5.10. The van der Waals surface area contributed by atoms with Crippen LogP contribution in [0.1, 0.15) is 6.92 Å². The van der Waals surface area contributed by atoms with Gasteiger partial charge in [0.15, 0.2) is 0 Å². The molecule has 2 N–H and O–H groups in total. The lowest BCUT2D eigenvalue weighted by Crippen LogP contribution is -2.47. The van der Waals surface area contributed by atoms with Crippen LogP contribution in [0.4, 0.5) is 4.79 Å². The van der Waals surface area contributed by atoms with Crippen molar-refractivity contribution in [2.45, 2.75) is 13.0 Å². The minimum Gasteiger partial charge on any atom is -0.392 e. The smallest absolute Gasteiger partial charge is 0.317 e. The third-order valence-corrected chi connectivity index (χ3v) is 1.85. The number of aliphatic hydroxyl groups excluding tert-OH is 1. The van der Waals surface area contributed by atoms with E-state index in [1.165, 1.54) is 0 Å². The summed E-state index contributed by atoms with van der Waals surface area (Å²) in [7, 11) is 0. The first kappa shape index (κ1) is 10.3. The Morgan fingerprint density at radius 3 is 2.77 bits per heavy atom. The van der Waals surface area contributed by atoms with Gasteiger partial charge in [-0.2, -0.15) is 0 Å². The molecule has 0 saturated carbocycles. The molecule has 76 valence electrons. The lowest BCUT2D eigenvalue weighted by molar-refractivity contribution is 0.0523. The first-order chi connectivity index (χ1) is 6.20.